The van der Waals surface area contributed by atoms with Crippen LogP contribution >= 0.6 is 0 Å². The summed E-state index contributed by atoms with van der Waals surface area (Å²) in [6, 6.07) is 8.45. The molecule has 17 heavy (non-hydrogen) atoms. The van der Waals surface area contributed by atoms with Gasteiger partial charge in [-0.15, -0.1) is 0 Å². The zero-order chi connectivity index (χ0) is 12.5. The van der Waals surface area contributed by atoms with Gasteiger partial charge in [-0.1, -0.05) is 18.2 Å². The van der Waals surface area contributed by atoms with Crippen molar-refractivity contribution in [1.82, 2.24) is 4.90 Å². The van der Waals surface area contributed by atoms with Gasteiger partial charge in [0.15, 0.2) is 0 Å². The summed E-state index contributed by atoms with van der Waals surface area (Å²) in [6.07, 6.45) is 2.12. The molecule has 0 saturated heterocycles. The number of hydrogen-bond donors (Lipinski definition) is 1. The zero-order valence-corrected chi connectivity index (χ0v) is 11.2. The Morgan fingerprint density at radius 1 is 1.24 bits per heavy atom. The molecular weight excluding hydrogens is 212 g/mol. The highest BCUT2D eigenvalue weighted by Gasteiger charge is 2.00. The molecule has 1 aromatic rings. The number of nitrogens with zero attached hydrogens (tertiary/aromatic N) is 1. The molecule has 0 fully saturated rings. The molecule has 1 N–H and O–H groups in total. The van der Waals surface area contributed by atoms with Crippen molar-refractivity contribution < 1.29 is 4.74 Å². The molecular formula is C14H24N2O. The van der Waals surface area contributed by atoms with Gasteiger partial charge in [0.1, 0.15) is 0 Å². The molecule has 0 heterocycles. The second-order valence-corrected chi connectivity index (χ2v) is 4.48. The Labute approximate surface area is 105 Å². The van der Waals surface area contributed by atoms with Gasteiger partial charge in [0.05, 0.1) is 6.61 Å². The van der Waals surface area contributed by atoms with Crippen LogP contribution in [0.1, 0.15) is 12.0 Å². The van der Waals surface area contributed by atoms with Gasteiger partial charge in [0.2, 0.25) is 0 Å². The summed E-state index contributed by atoms with van der Waals surface area (Å²) in [4.78, 5) is 2.21. The van der Waals surface area contributed by atoms with E-state index in [-0.39, 0.29) is 0 Å². The number of hydrogen-bond acceptors (Lipinski definition) is 3. The van der Waals surface area contributed by atoms with Crippen molar-refractivity contribution >= 4 is 5.69 Å². The first-order valence-corrected chi connectivity index (χ1v) is 6.19. The lowest BCUT2D eigenvalue weighted by atomic mass is 10.1. The molecule has 0 aliphatic carbocycles. The minimum atomic E-state index is 0.774. The maximum atomic E-state index is 5.12. The van der Waals surface area contributed by atoms with Crippen LogP contribution in [-0.2, 0) is 11.2 Å². The predicted molar refractivity (Wildman–Crippen MR) is 73.7 cm³/mol. The second kappa shape index (κ2) is 8.09. The van der Waals surface area contributed by atoms with Gasteiger partial charge in [0, 0.05) is 19.3 Å². The number of para-hydroxylation sites is 1. The topological polar surface area (TPSA) is 24.5 Å². The van der Waals surface area contributed by atoms with Gasteiger partial charge in [-0.25, -0.2) is 0 Å². The molecule has 1 rings (SSSR count). The van der Waals surface area contributed by atoms with Crippen LogP contribution in [0.4, 0.5) is 5.69 Å². The van der Waals surface area contributed by atoms with E-state index in [2.05, 4.69) is 48.6 Å². The first-order chi connectivity index (χ1) is 8.24. The van der Waals surface area contributed by atoms with Crippen LogP contribution in [0.2, 0.25) is 0 Å². The van der Waals surface area contributed by atoms with Crippen LogP contribution in [0, 0.1) is 0 Å². The largest absolute Gasteiger partial charge is 0.385 e. The Kier molecular flexibility index (Phi) is 6.67. The van der Waals surface area contributed by atoms with E-state index in [1.54, 1.807) is 7.11 Å². The summed E-state index contributed by atoms with van der Waals surface area (Å²) in [6.45, 7) is 2.91. The lowest BCUT2D eigenvalue weighted by Gasteiger charge is -2.13. The van der Waals surface area contributed by atoms with E-state index in [1.165, 1.54) is 11.3 Å². The van der Waals surface area contributed by atoms with Gasteiger partial charge >= 0.3 is 0 Å². The fourth-order valence-electron chi connectivity index (χ4n) is 1.74. The average molecular weight is 236 g/mol. The lowest BCUT2D eigenvalue weighted by molar-refractivity contribution is 0.202. The molecule has 0 bridgehead atoms. The van der Waals surface area contributed by atoms with E-state index in [1.807, 2.05) is 0 Å². The predicted octanol–water partition coefficient (Wildman–Crippen LogP) is 2.24. The first kappa shape index (κ1) is 14.0. The normalized spacial score (nSPS) is 10.8. The Morgan fingerprint density at radius 2 is 2.00 bits per heavy atom. The molecule has 0 radical (unpaired) electrons. The van der Waals surface area contributed by atoms with Crippen molar-refractivity contribution in [3.63, 3.8) is 0 Å². The maximum Gasteiger partial charge on any atom is 0.0503 e. The van der Waals surface area contributed by atoms with E-state index in [9.17, 15) is 0 Å². The SMILES string of the molecule is COCCc1ccccc1NCCCN(C)C. The second-order valence-electron chi connectivity index (χ2n) is 4.48. The molecule has 0 aliphatic heterocycles. The smallest absolute Gasteiger partial charge is 0.0503 e. The molecule has 0 atom stereocenters. The number of ether oxygens (including phenoxy) is 1. The fraction of sp³-hybridized carbons (Fsp3) is 0.571. The Bertz CT molecular complexity index is 313. The fourth-order valence-corrected chi connectivity index (χ4v) is 1.74. The molecule has 3 heteroatoms. The lowest BCUT2D eigenvalue weighted by Crippen LogP contribution is -2.16. The summed E-state index contributed by atoms with van der Waals surface area (Å²) in [5, 5.41) is 3.50. The number of methoxy groups -OCH3 is 1. The molecule has 0 saturated carbocycles. The van der Waals surface area contributed by atoms with Crippen molar-refractivity contribution in [2.24, 2.45) is 0 Å². The van der Waals surface area contributed by atoms with Gasteiger partial charge in [-0.05, 0) is 45.1 Å². The van der Waals surface area contributed by atoms with Crippen LogP contribution in [0.15, 0.2) is 24.3 Å². The van der Waals surface area contributed by atoms with Crippen molar-refractivity contribution in [3.05, 3.63) is 29.8 Å². The van der Waals surface area contributed by atoms with E-state index < -0.39 is 0 Å². The van der Waals surface area contributed by atoms with Crippen LogP contribution < -0.4 is 5.32 Å². The van der Waals surface area contributed by atoms with Crippen LogP contribution in [0.5, 0.6) is 0 Å². The Hall–Kier alpha value is -1.06. The quantitative estimate of drug-likeness (QED) is 0.701. The van der Waals surface area contributed by atoms with Crippen molar-refractivity contribution in [3.8, 4) is 0 Å². The highest BCUT2D eigenvalue weighted by molar-refractivity contribution is 5.51. The number of anilines is 1. The molecule has 1 aromatic carbocycles. The molecule has 96 valence electrons. The summed E-state index contributed by atoms with van der Waals surface area (Å²) in [5.41, 5.74) is 2.57. The van der Waals surface area contributed by atoms with Gasteiger partial charge in [-0.3, -0.25) is 0 Å². The maximum absolute atomic E-state index is 5.12. The number of nitrogens with one attached hydrogen (secondary N) is 1. The molecule has 0 amide bonds. The van der Waals surface area contributed by atoms with Gasteiger partial charge in [-0.2, -0.15) is 0 Å². The van der Waals surface area contributed by atoms with Crippen molar-refractivity contribution in [2.75, 3.05) is 46.2 Å². The third-order valence-electron chi connectivity index (χ3n) is 2.69. The molecule has 0 aliphatic rings. The van der Waals surface area contributed by atoms with E-state index in [0.29, 0.717) is 0 Å². The number of benzene rings is 1. The van der Waals surface area contributed by atoms with E-state index in [4.69, 9.17) is 4.74 Å². The Morgan fingerprint density at radius 3 is 2.71 bits per heavy atom. The van der Waals surface area contributed by atoms with Crippen LogP contribution in [0.25, 0.3) is 0 Å². The highest BCUT2D eigenvalue weighted by Crippen LogP contribution is 2.15. The summed E-state index contributed by atoms with van der Waals surface area (Å²) in [5.74, 6) is 0. The first-order valence-electron chi connectivity index (χ1n) is 6.19. The minimum absolute atomic E-state index is 0.774. The molecule has 0 spiro atoms. The van der Waals surface area contributed by atoms with Crippen molar-refractivity contribution in [2.45, 2.75) is 12.8 Å². The standard InChI is InChI=1S/C14H24N2O/c1-16(2)11-6-10-15-14-8-5-4-7-13(14)9-12-17-3/h4-5,7-8,15H,6,9-12H2,1-3H3. The summed E-state index contributed by atoms with van der Waals surface area (Å²) < 4.78 is 5.12. The minimum Gasteiger partial charge on any atom is -0.385 e. The molecule has 0 unspecified atom stereocenters. The van der Waals surface area contributed by atoms with E-state index in [0.717, 1.165) is 32.5 Å². The third kappa shape index (κ3) is 5.71. The van der Waals surface area contributed by atoms with E-state index >= 15 is 0 Å². The molecule has 0 aromatic heterocycles. The monoisotopic (exact) mass is 236 g/mol. The Balaban J connectivity index is 2.40. The van der Waals surface area contributed by atoms with Crippen LogP contribution in [-0.4, -0.2) is 45.8 Å². The summed E-state index contributed by atoms with van der Waals surface area (Å²) >= 11 is 0. The molecule has 3 nitrogen and oxygen atoms in total. The number of rotatable bonds is 8. The average Bonchev–Trinajstić information content (AvgIpc) is 2.33. The van der Waals surface area contributed by atoms with Crippen molar-refractivity contribution in [1.29, 1.82) is 0 Å². The van der Waals surface area contributed by atoms with Crippen LogP contribution in [0.3, 0.4) is 0 Å². The summed E-state index contributed by atoms with van der Waals surface area (Å²) in [7, 11) is 5.95. The van der Waals surface area contributed by atoms with Gasteiger partial charge < -0.3 is 15.0 Å². The zero-order valence-electron chi connectivity index (χ0n) is 11.2. The highest BCUT2D eigenvalue weighted by atomic mass is 16.5. The third-order valence-corrected chi connectivity index (χ3v) is 2.69. The van der Waals surface area contributed by atoms with Gasteiger partial charge in [0.25, 0.3) is 0 Å².